The molecule has 0 amide bonds. The first-order valence-corrected chi connectivity index (χ1v) is 6.55. The summed E-state index contributed by atoms with van der Waals surface area (Å²) in [4.78, 5) is 0. The topological polar surface area (TPSA) is 26.0 Å². The first-order chi connectivity index (χ1) is 7.68. The van der Waals surface area contributed by atoms with Gasteiger partial charge in [-0.2, -0.15) is 11.8 Å². The Morgan fingerprint density at radius 3 is 2.75 bits per heavy atom. The van der Waals surface area contributed by atoms with Crippen LogP contribution in [0.1, 0.15) is 30.9 Å². The molecule has 16 heavy (non-hydrogen) atoms. The number of rotatable bonds is 2. The smallest absolute Gasteiger partial charge is 0.130 e. The Morgan fingerprint density at radius 2 is 2.12 bits per heavy atom. The van der Waals surface area contributed by atoms with Gasteiger partial charge in [0.2, 0.25) is 0 Å². The zero-order valence-electron chi connectivity index (χ0n) is 8.96. The Hall–Kier alpha value is -0.610. The maximum absolute atomic E-state index is 13.5. The van der Waals surface area contributed by atoms with E-state index in [0.29, 0.717) is 5.56 Å². The molecule has 88 valence electrons. The van der Waals surface area contributed by atoms with Crippen molar-refractivity contribution in [2.24, 2.45) is 5.73 Å². The molecule has 2 unspecified atom stereocenters. The molecule has 0 radical (unpaired) electrons. The van der Waals surface area contributed by atoms with Crippen molar-refractivity contribution in [3.8, 4) is 0 Å². The molecule has 1 aliphatic rings. The average molecular weight is 243 g/mol. The van der Waals surface area contributed by atoms with Crippen LogP contribution in [0.2, 0.25) is 0 Å². The molecule has 1 fully saturated rings. The van der Waals surface area contributed by atoms with E-state index in [-0.39, 0.29) is 11.3 Å². The highest BCUT2D eigenvalue weighted by Crippen LogP contribution is 2.34. The van der Waals surface area contributed by atoms with Gasteiger partial charge in [0.1, 0.15) is 11.6 Å². The second kappa shape index (κ2) is 5.15. The molecular weight excluding hydrogens is 228 g/mol. The molecule has 1 nitrogen and oxygen atoms in total. The van der Waals surface area contributed by atoms with Crippen LogP contribution in [0, 0.1) is 11.6 Å². The minimum absolute atomic E-state index is 0.258. The fraction of sp³-hybridized carbons (Fsp3) is 0.500. The van der Waals surface area contributed by atoms with Crippen molar-refractivity contribution >= 4 is 11.8 Å². The van der Waals surface area contributed by atoms with Gasteiger partial charge in [-0.25, -0.2) is 8.78 Å². The van der Waals surface area contributed by atoms with Crippen LogP contribution in [-0.4, -0.2) is 11.0 Å². The number of hydrogen-bond acceptors (Lipinski definition) is 2. The average Bonchev–Trinajstić information content (AvgIpc) is 2.29. The standard InChI is InChI=1S/C12H15F2NS/c13-8-4-5-9(10(14)7-8)12(15)11-3-1-2-6-16-11/h4-5,7,11-12H,1-3,6,15H2. The Labute approximate surface area is 98.4 Å². The summed E-state index contributed by atoms with van der Waals surface area (Å²) in [5.74, 6) is 0.00434. The van der Waals surface area contributed by atoms with Crippen LogP contribution in [0.5, 0.6) is 0 Å². The highest BCUT2D eigenvalue weighted by atomic mass is 32.2. The van der Waals surface area contributed by atoms with Gasteiger partial charge in [-0.3, -0.25) is 0 Å². The lowest BCUT2D eigenvalue weighted by Gasteiger charge is -2.27. The zero-order chi connectivity index (χ0) is 11.5. The van der Waals surface area contributed by atoms with Crippen molar-refractivity contribution in [2.75, 3.05) is 5.75 Å². The number of hydrogen-bond donors (Lipinski definition) is 1. The highest BCUT2D eigenvalue weighted by molar-refractivity contribution is 8.00. The second-order valence-corrected chi connectivity index (χ2v) is 5.44. The van der Waals surface area contributed by atoms with Crippen molar-refractivity contribution in [3.05, 3.63) is 35.4 Å². The summed E-state index contributed by atoms with van der Waals surface area (Å²) in [6.07, 6.45) is 3.37. The molecule has 1 aliphatic heterocycles. The van der Waals surface area contributed by atoms with Crippen molar-refractivity contribution in [3.63, 3.8) is 0 Å². The van der Waals surface area contributed by atoms with E-state index in [0.717, 1.165) is 24.7 Å². The van der Waals surface area contributed by atoms with Gasteiger partial charge < -0.3 is 5.73 Å². The normalized spacial score (nSPS) is 23.1. The van der Waals surface area contributed by atoms with Crippen LogP contribution in [0.25, 0.3) is 0 Å². The van der Waals surface area contributed by atoms with Gasteiger partial charge >= 0.3 is 0 Å². The molecule has 0 aliphatic carbocycles. The maximum atomic E-state index is 13.5. The van der Waals surface area contributed by atoms with Gasteiger partial charge in [0.05, 0.1) is 0 Å². The second-order valence-electron chi connectivity index (χ2n) is 4.10. The lowest BCUT2D eigenvalue weighted by molar-refractivity contribution is 0.529. The Morgan fingerprint density at radius 1 is 1.31 bits per heavy atom. The van der Waals surface area contributed by atoms with Gasteiger partial charge in [-0.15, -0.1) is 0 Å². The van der Waals surface area contributed by atoms with Crippen molar-refractivity contribution in [1.82, 2.24) is 0 Å². The van der Waals surface area contributed by atoms with Crippen LogP contribution >= 0.6 is 11.8 Å². The van der Waals surface area contributed by atoms with Crippen molar-refractivity contribution < 1.29 is 8.78 Å². The third-order valence-corrected chi connectivity index (χ3v) is 4.42. The van der Waals surface area contributed by atoms with Crippen LogP contribution in [-0.2, 0) is 0 Å². The lowest BCUT2D eigenvalue weighted by Crippen LogP contribution is -2.27. The Balaban J connectivity index is 2.15. The van der Waals surface area contributed by atoms with Crippen molar-refractivity contribution in [1.29, 1.82) is 0 Å². The predicted molar refractivity (Wildman–Crippen MR) is 63.4 cm³/mol. The molecule has 0 spiro atoms. The van der Waals surface area contributed by atoms with E-state index in [1.165, 1.54) is 18.6 Å². The molecule has 1 heterocycles. The molecule has 4 heteroatoms. The van der Waals surface area contributed by atoms with Gasteiger partial charge in [0.25, 0.3) is 0 Å². The van der Waals surface area contributed by atoms with Gasteiger partial charge in [0, 0.05) is 22.9 Å². The first-order valence-electron chi connectivity index (χ1n) is 5.50. The van der Waals surface area contributed by atoms with Gasteiger partial charge in [-0.05, 0) is 24.7 Å². The van der Waals surface area contributed by atoms with Crippen LogP contribution < -0.4 is 5.73 Å². The number of halogens is 2. The molecular formula is C12H15F2NS. The van der Waals surface area contributed by atoms with E-state index in [2.05, 4.69) is 0 Å². The van der Waals surface area contributed by atoms with E-state index in [4.69, 9.17) is 5.73 Å². The third-order valence-electron chi connectivity index (χ3n) is 2.94. The molecule has 0 aromatic heterocycles. The molecule has 0 saturated carbocycles. The predicted octanol–water partition coefficient (Wildman–Crippen LogP) is 3.25. The minimum atomic E-state index is -0.551. The zero-order valence-corrected chi connectivity index (χ0v) is 9.77. The summed E-state index contributed by atoms with van der Waals surface area (Å²) < 4.78 is 26.3. The van der Waals surface area contributed by atoms with Crippen molar-refractivity contribution in [2.45, 2.75) is 30.6 Å². The molecule has 2 N–H and O–H groups in total. The molecule has 1 saturated heterocycles. The quantitative estimate of drug-likeness (QED) is 0.863. The summed E-state index contributed by atoms with van der Waals surface area (Å²) in [6.45, 7) is 0. The monoisotopic (exact) mass is 243 g/mol. The Bertz CT molecular complexity index is 364. The van der Waals surface area contributed by atoms with Gasteiger partial charge in [-0.1, -0.05) is 12.5 Å². The van der Waals surface area contributed by atoms with Gasteiger partial charge in [0.15, 0.2) is 0 Å². The van der Waals surface area contributed by atoms with E-state index >= 15 is 0 Å². The number of nitrogens with two attached hydrogens (primary N) is 1. The SMILES string of the molecule is NC(c1ccc(F)cc1F)C1CCCCS1. The van der Waals surface area contributed by atoms with Crippen LogP contribution in [0.4, 0.5) is 8.78 Å². The summed E-state index contributed by atoms with van der Waals surface area (Å²) >= 11 is 1.79. The molecule has 2 rings (SSSR count). The van der Waals surface area contributed by atoms with E-state index in [1.807, 2.05) is 0 Å². The molecule has 0 bridgehead atoms. The third kappa shape index (κ3) is 2.55. The summed E-state index contributed by atoms with van der Waals surface area (Å²) in [6, 6.07) is 3.31. The lowest BCUT2D eigenvalue weighted by atomic mass is 10.00. The van der Waals surface area contributed by atoms with E-state index in [1.54, 1.807) is 11.8 Å². The highest BCUT2D eigenvalue weighted by Gasteiger charge is 2.24. The summed E-state index contributed by atoms with van der Waals surface area (Å²) in [5, 5.41) is 0.258. The fourth-order valence-electron chi connectivity index (χ4n) is 2.02. The number of thioether (sulfide) groups is 1. The summed E-state index contributed by atoms with van der Waals surface area (Å²) in [7, 11) is 0. The summed E-state index contributed by atoms with van der Waals surface area (Å²) in [5.41, 5.74) is 6.47. The Kier molecular flexibility index (Phi) is 3.82. The minimum Gasteiger partial charge on any atom is -0.323 e. The maximum Gasteiger partial charge on any atom is 0.130 e. The van der Waals surface area contributed by atoms with E-state index < -0.39 is 11.6 Å². The molecule has 1 aromatic rings. The first kappa shape index (κ1) is 11.9. The molecule has 2 atom stereocenters. The fourth-order valence-corrected chi connectivity index (χ4v) is 3.38. The number of benzene rings is 1. The van der Waals surface area contributed by atoms with Crippen LogP contribution in [0.15, 0.2) is 18.2 Å². The largest absolute Gasteiger partial charge is 0.323 e. The molecule has 1 aromatic carbocycles. The van der Waals surface area contributed by atoms with E-state index in [9.17, 15) is 8.78 Å². The van der Waals surface area contributed by atoms with Crippen LogP contribution in [0.3, 0.4) is 0 Å².